The molecule has 1 N–H and O–H groups in total. The van der Waals surface area contributed by atoms with E-state index in [2.05, 4.69) is 22.8 Å². The van der Waals surface area contributed by atoms with Crippen LogP contribution in [0, 0.1) is 0 Å². The zero-order valence-electron chi connectivity index (χ0n) is 16.6. The van der Waals surface area contributed by atoms with Gasteiger partial charge in [-0.15, -0.1) is 0 Å². The summed E-state index contributed by atoms with van der Waals surface area (Å²) < 4.78 is 11.6. The van der Waals surface area contributed by atoms with Gasteiger partial charge in [-0.3, -0.25) is 0 Å². The molecule has 0 radical (unpaired) electrons. The molecular weight excluding hydrogens is 344 g/mol. The molecule has 0 aromatic carbocycles. The van der Waals surface area contributed by atoms with E-state index in [-0.39, 0.29) is 5.60 Å². The average molecular weight is 377 g/mol. The molecule has 7 heteroatoms. The summed E-state index contributed by atoms with van der Waals surface area (Å²) >= 11 is 0. The largest absolute Gasteiger partial charge is 0.390 e. The van der Waals surface area contributed by atoms with Crippen molar-refractivity contribution in [2.45, 2.75) is 57.2 Å². The topological polar surface area (TPSA) is 71.0 Å². The third-order valence-electron chi connectivity index (χ3n) is 6.16. The summed E-state index contributed by atoms with van der Waals surface area (Å²) in [4.78, 5) is 14.2. The first-order chi connectivity index (χ1) is 13.0. The van der Waals surface area contributed by atoms with Crippen molar-refractivity contribution in [2.24, 2.45) is 0 Å². The lowest BCUT2D eigenvalue weighted by atomic mass is 9.78. The Hall–Kier alpha value is -1.44. The molecular formula is C20H32N4O3. The maximum Gasteiger partial charge on any atom is 0.227 e. The summed E-state index contributed by atoms with van der Waals surface area (Å²) in [5.41, 5.74) is 0.304. The summed E-state index contributed by atoms with van der Waals surface area (Å²) in [6, 6.07) is 2.12. The fourth-order valence-electron chi connectivity index (χ4n) is 4.50. The van der Waals surface area contributed by atoms with Crippen molar-refractivity contribution in [1.82, 2.24) is 9.97 Å². The van der Waals surface area contributed by atoms with Crippen LogP contribution < -0.4 is 9.80 Å². The van der Waals surface area contributed by atoms with Crippen molar-refractivity contribution >= 4 is 11.8 Å². The Morgan fingerprint density at radius 1 is 1.04 bits per heavy atom. The van der Waals surface area contributed by atoms with Gasteiger partial charge in [0.15, 0.2) is 0 Å². The molecule has 0 bridgehead atoms. The van der Waals surface area contributed by atoms with Gasteiger partial charge < -0.3 is 24.4 Å². The van der Waals surface area contributed by atoms with Crippen LogP contribution in [-0.4, -0.2) is 72.3 Å². The molecule has 4 rings (SSSR count). The van der Waals surface area contributed by atoms with Gasteiger partial charge >= 0.3 is 0 Å². The number of aliphatic hydroxyl groups is 1. The van der Waals surface area contributed by atoms with E-state index in [1.807, 2.05) is 6.92 Å². The van der Waals surface area contributed by atoms with E-state index in [4.69, 9.17) is 19.4 Å². The Morgan fingerprint density at radius 3 is 2.44 bits per heavy atom. The number of ether oxygens (including phenoxy) is 2. The molecule has 7 nitrogen and oxygen atoms in total. The molecule has 1 unspecified atom stereocenters. The van der Waals surface area contributed by atoms with Gasteiger partial charge in [0.05, 0.1) is 31.0 Å². The Labute approximate surface area is 161 Å². The number of aromatic nitrogens is 2. The minimum absolute atomic E-state index is 0.175. The first-order valence-corrected chi connectivity index (χ1v) is 10.3. The summed E-state index contributed by atoms with van der Waals surface area (Å²) in [5.74, 6) is 1.84. The number of morpholine rings is 1. The number of hydrogen-bond donors (Lipinski definition) is 1. The highest BCUT2D eigenvalue weighted by Gasteiger charge is 2.44. The van der Waals surface area contributed by atoms with Crippen molar-refractivity contribution in [3.8, 4) is 0 Å². The average Bonchev–Trinajstić information content (AvgIpc) is 2.68. The van der Waals surface area contributed by atoms with Gasteiger partial charge in [0.1, 0.15) is 5.82 Å². The molecule has 0 amide bonds. The highest BCUT2D eigenvalue weighted by atomic mass is 16.5. The molecule has 150 valence electrons. The third-order valence-corrected chi connectivity index (χ3v) is 6.16. The lowest BCUT2D eigenvalue weighted by Gasteiger charge is -2.48. The number of rotatable bonds is 3. The summed E-state index contributed by atoms with van der Waals surface area (Å²) in [6.07, 6.45) is 4.23. The molecule has 27 heavy (non-hydrogen) atoms. The van der Waals surface area contributed by atoms with Crippen LogP contribution in [0.2, 0.25) is 0 Å². The SMILES string of the molecule is CCc1cc(N2CCC3(CC2)CC(C)(O)CCO3)nc(N2CCOCC2)n1. The first kappa shape index (κ1) is 18.9. The minimum atomic E-state index is -0.603. The molecule has 3 aliphatic heterocycles. The van der Waals surface area contributed by atoms with Crippen LogP contribution in [0.4, 0.5) is 11.8 Å². The predicted octanol–water partition coefficient (Wildman–Crippen LogP) is 1.78. The Balaban J connectivity index is 1.49. The minimum Gasteiger partial charge on any atom is -0.390 e. The van der Waals surface area contributed by atoms with Crippen LogP contribution in [0.15, 0.2) is 6.07 Å². The summed E-state index contributed by atoms with van der Waals surface area (Å²) in [5, 5.41) is 10.5. The molecule has 4 heterocycles. The van der Waals surface area contributed by atoms with Gasteiger partial charge in [0.25, 0.3) is 0 Å². The molecule has 3 saturated heterocycles. The van der Waals surface area contributed by atoms with E-state index >= 15 is 0 Å². The molecule has 1 aromatic heterocycles. The smallest absolute Gasteiger partial charge is 0.227 e. The van der Waals surface area contributed by atoms with E-state index < -0.39 is 5.60 Å². The molecule has 0 aliphatic carbocycles. The molecule has 1 aromatic rings. The maximum absolute atomic E-state index is 10.5. The summed E-state index contributed by atoms with van der Waals surface area (Å²) in [7, 11) is 0. The van der Waals surface area contributed by atoms with Gasteiger partial charge in [-0.2, -0.15) is 4.98 Å². The second-order valence-electron chi connectivity index (χ2n) is 8.41. The fourth-order valence-corrected chi connectivity index (χ4v) is 4.50. The Kier molecular flexibility index (Phi) is 5.27. The van der Waals surface area contributed by atoms with E-state index in [9.17, 15) is 5.11 Å². The van der Waals surface area contributed by atoms with Crippen molar-refractivity contribution < 1.29 is 14.6 Å². The van der Waals surface area contributed by atoms with Crippen LogP contribution in [-0.2, 0) is 15.9 Å². The van der Waals surface area contributed by atoms with Gasteiger partial charge in [-0.25, -0.2) is 4.98 Å². The predicted molar refractivity (Wildman–Crippen MR) is 104 cm³/mol. The van der Waals surface area contributed by atoms with Crippen molar-refractivity contribution in [1.29, 1.82) is 0 Å². The zero-order chi connectivity index (χ0) is 18.9. The van der Waals surface area contributed by atoms with Gasteiger partial charge in [0.2, 0.25) is 5.95 Å². The number of aryl methyl sites for hydroxylation is 1. The second kappa shape index (κ2) is 7.53. The standard InChI is InChI=1S/C20H32N4O3/c1-3-16-14-17(22-18(21-16)24-9-12-26-13-10-24)23-7-4-20(5-8-23)15-19(2,25)6-11-27-20/h14,25H,3-13,15H2,1-2H3. The van der Waals surface area contributed by atoms with Crippen LogP contribution in [0.3, 0.4) is 0 Å². The normalized spacial score (nSPS) is 28.6. The van der Waals surface area contributed by atoms with Crippen molar-refractivity contribution in [3.63, 3.8) is 0 Å². The highest BCUT2D eigenvalue weighted by Crippen LogP contribution is 2.40. The number of anilines is 2. The molecule has 0 saturated carbocycles. The van der Waals surface area contributed by atoms with Crippen LogP contribution in [0.5, 0.6) is 0 Å². The van der Waals surface area contributed by atoms with E-state index in [0.717, 1.165) is 89.0 Å². The van der Waals surface area contributed by atoms with E-state index in [1.54, 1.807) is 0 Å². The maximum atomic E-state index is 10.5. The van der Waals surface area contributed by atoms with Gasteiger partial charge in [-0.05, 0) is 32.6 Å². The lowest BCUT2D eigenvalue weighted by Crippen LogP contribution is -2.53. The number of hydrogen-bond acceptors (Lipinski definition) is 7. The second-order valence-corrected chi connectivity index (χ2v) is 8.41. The van der Waals surface area contributed by atoms with Gasteiger partial charge in [-0.1, -0.05) is 6.92 Å². The zero-order valence-corrected chi connectivity index (χ0v) is 16.6. The van der Waals surface area contributed by atoms with Gasteiger partial charge in [0, 0.05) is 44.4 Å². The van der Waals surface area contributed by atoms with Crippen LogP contribution in [0.25, 0.3) is 0 Å². The lowest BCUT2D eigenvalue weighted by molar-refractivity contribution is -0.162. The van der Waals surface area contributed by atoms with Crippen molar-refractivity contribution in [3.05, 3.63) is 11.8 Å². The van der Waals surface area contributed by atoms with Crippen LogP contribution in [0.1, 0.15) is 45.2 Å². The molecule has 3 aliphatic rings. The molecule has 3 fully saturated rings. The number of piperidine rings is 1. The van der Waals surface area contributed by atoms with E-state index in [1.165, 1.54) is 0 Å². The monoisotopic (exact) mass is 376 g/mol. The number of nitrogens with zero attached hydrogens (tertiary/aromatic N) is 4. The van der Waals surface area contributed by atoms with E-state index in [0.29, 0.717) is 6.61 Å². The fraction of sp³-hybridized carbons (Fsp3) is 0.800. The molecule has 1 spiro atoms. The Bertz CT molecular complexity index is 653. The third kappa shape index (κ3) is 4.20. The first-order valence-electron chi connectivity index (χ1n) is 10.3. The summed E-state index contributed by atoms with van der Waals surface area (Å²) in [6.45, 7) is 9.70. The highest BCUT2D eigenvalue weighted by molar-refractivity contribution is 5.47. The Morgan fingerprint density at radius 2 is 1.78 bits per heavy atom. The quantitative estimate of drug-likeness (QED) is 0.862. The van der Waals surface area contributed by atoms with Crippen molar-refractivity contribution in [2.75, 3.05) is 55.8 Å². The van der Waals surface area contributed by atoms with Crippen LogP contribution >= 0.6 is 0 Å². The molecule has 1 atom stereocenters.